The van der Waals surface area contributed by atoms with E-state index in [1.54, 1.807) is 36.0 Å². The molecule has 0 atom stereocenters. The number of aromatic nitrogens is 4. The minimum atomic E-state index is -0.298. The van der Waals surface area contributed by atoms with Crippen molar-refractivity contribution in [3.63, 3.8) is 0 Å². The number of carbonyl (C=O) groups excluding carboxylic acids is 1. The number of nitrogens with zero attached hydrogens (tertiary/aromatic N) is 4. The second-order valence-corrected chi connectivity index (χ2v) is 4.87. The lowest BCUT2D eigenvalue weighted by molar-refractivity contribution is 0.0970. The van der Waals surface area contributed by atoms with E-state index in [1.165, 1.54) is 10.9 Å². The quantitative estimate of drug-likeness (QED) is 0.679. The Bertz CT molecular complexity index is 878. The minimum Gasteiger partial charge on any atom is -0.292 e. The Balaban J connectivity index is 2.00. The maximum atomic E-state index is 12.4. The molecule has 21 heavy (non-hydrogen) atoms. The van der Waals surface area contributed by atoms with E-state index >= 15 is 0 Å². The molecular formula is C15H14N4O2. The summed E-state index contributed by atoms with van der Waals surface area (Å²) in [6.45, 7) is 1.81. The zero-order valence-corrected chi connectivity index (χ0v) is 11.8. The molecule has 3 rings (SSSR count). The van der Waals surface area contributed by atoms with E-state index in [2.05, 4.69) is 10.1 Å². The van der Waals surface area contributed by atoms with Gasteiger partial charge in [0.25, 0.3) is 5.56 Å². The molecule has 2 aromatic heterocycles. The van der Waals surface area contributed by atoms with Crippen LogP contribution in [0, 0.1) is 6.92 Å². The van der Waals surface area contributed by atoms with E-state index in [9.17, 15) is 9.59 Å². The van der Waals surface area contributed by atoms with Gasteiger partial charge in [0.1, 0.15) is 5.52 Å². The number of fused-ring (bicyclic) bond motifs is 1. The van der Waals surface area contributed by atoms with Crippen LogP contribution in [-0.4, -0.2) is 25.1 Å². The summed E-state index contributed by atoms with van der Waals surface area (Å²) in [4.78, 5) is 28.8. The molecule has 0 fully saturated rings. The first-order chi connectivity index (χ1) is 10.1. The van der Waals surface area contributed by atoms with Crippen molar-refractivity contribution in [3.05, 3.63) is 58.3 Å². The van der Waals surface area contributed by atoms with Gasteiger partial charge in [-0.2, -0.15) is 5.10 Å². The first-order valence-corrected chi connectivity index (χ1v) is 6.55. The van der Waals surface area contributed by atoms with Gasteiger partial charge in [-0.1, -0.05) is 30.3 Å². The number of aryl methyl sites for hydroxylation is 2. The number of hydrogen-bond donors (Lipinski definition) is 0. The summed E-state index contributed by atoms with van der Waals surface area (Å²) in [6, 6.07) is 8.88. The highest BCUT2D eigenvalue weighted by Crippen LogP contribution is 2.10. The predicted molar refractivity (Wildman–Crippen MR) is 78.3 cm³/mol. The third-order valence-electron chi connectivity index (χ3n) is 3.50. The molecular weight excluding hydrogens is 268 g/mol. The highest BCUT2D eigenvalue weighted by molar-refractivity contribution is 5.95. The van der Waals surface area contributed by atoms with Gasteiger partial charge in [0.2, 0.25) is 0 Å². The number of benzene rings is 1. The van der Waals surface area contributed by atoms with Crippen molar-refractivity contribution < 1.29 is 4.79 Å². The topological polar surface area (TPSA) is 69.8 Å². The number of ketones is 1. The van der Waals surface area contributed by atoms with E-state index in [-0.39, 0.29) is 17.9 Å². The number of carbonyl (C=O) groups is 1. The summed E-state index contributed by atoms with van der Waals surface area (Å²) >= 11 is 0. The average molecular weight is 282 g/mol. The summed E-state index contributed by atoms with van der Waals surface area (Å²) in [6.07, 6.45) is 1.40. The lowest BCUT2D eigenvalue weighted by Crippen LogP contribution is -2.24. The Morgan fingerprint density at radius 1 is 1.19 bits per heavy atom. The highest BCUT2D eigenvalue weighted by Gasteiger charge is 2.14. The molecule has 106 valence electrons. The molecule has 0 radical (unpaired) electrons. The van der Waals surface area contributed by atoms with Crippen LogP contribution in [0.15, 0.2) is 41.5 Å². The van der Waals surface area contributed by atoms with E-state index in [0.717, 1.165) is 5.69 Å². The van der Waals surface area contributed by atoms with Crippen molar-refractivity contribution in [2.75, 3.05) is 0 Å². The number of hydrogen-bond acceptors (Lipinski definition) is 4. The van der Waals surface area contributed by atoms with Gasteiger partial charge in [0, 0.05) is 12.6 Å². The van der Waals surface area contributed by atoms with Crippen molar-refractivity contribution in [1.82, 2.24) is 19.3 Å². The summed E-state index contributed by atoms with van der Waals surface area (Å²) in [7, 11) is 1.76. The summed E-state index contributed by atoms with van der Waals surface area (Å²) in [5, 5.41) is 4.16. The number of Topliss-reactive ketones (excluding diaryl/α,β-unsaturated/α-hetero) is 1. The summed E-state index contributed by atoms with van der Waals surface area (Å²) in [5.41, 5.74) is 1.96. The Labute approximate surface area is 120 Å². The van der Waals surface area contributed by atoms with Gasteiger partial charge in [0.05, 0.1) is 18.6 Å². The van der Waals surface area contributed by atoms with Gasteiger partial charge in [0.15, 0.2) is 11.3 Å². The molecule has 3 aromatic rings. The molecule has 0 aliphatic rings. The Morgan fingerprint density at radius 2 is 1.90 bits per heavy atom. The summed E-state index contributed by atoms with van der Waals surface area (Å²) in [5.74, 6) is -0.133. The van der Waals surface area contributed by atoms with Crippen LogP contribution in [0.4, 0.5) is 0 Å². The Hall–Kier alpha value is -2.76. The van der Waals surface area contributed by atoms with Crippen molar-refractivity contribution >= 4 is 16.8 Å². The normalized spacial score (nSPS) is 11.0. The second-order valence-electron chi connectivity index (χ2n) is 4.87. The van der Waals surface area contributed by atoms with Crippen LogP contribution in [0.5, 0.6) is 0 Å². The maximum absolute atomic E-state index is 12.4. The van der Waals surface area contributed by atoms with Crippen molar-refractivity contribution in [1.29, 1.82) is 0 Å². The van der Waals surface area contributed by atoms with Gasteiger partial charge in [-0.25, -0.2) is 4.98 Å². The smallest absolute Gasteiger partial charge is 0.282 e. The van der Waals surface area contributed by atoms with Crippen molar-refractivity contribution in [2.24, 2.45) is 7.05 Å². The standard InChI is InChI=1S/C15H14N4O2/c1-10-13-14(17-18(10)2)15(21)19(9-16-13)8-12(20)11-6-4-3-5-7-11/h3-7,9H,8H2,1-2H3. The van der Waals surface area contributed by atoms with Crippen LogP contribution >= 0.6 is 0 Å². The molecule has 0 amide bonds. The molecule has 6 heteroatoms. The Morgan fingerprint density at radius 3 is 2.62 bits per heavy atom. The van der Waals surface area contributed by atoms with Gasteiger partial charge in [-0.15, -0.1) is 0 Å². The lowest BCUT2D eigenvalue weighted by Gasteiger charge is -2.04. The van der Waals surface area contributed by atoms with E-state index in [0.29, 0.717) is 16.6 Å². The minimum absolute atomic E-state index is 0.0403. The molecule has 0 saturated heterocycles. The number of rotatable bonds is 3. The molecule has 0 aliphatic carbocycles. The molecule has 1 aromatic carbocycles. The van der Waals surface area contributed by atoms with Crippen molar-refractivity contribution in [3.8, 4) is 0 Å². The van der Waals surface area contributed by atoms with Gasteiger partial charge in [-0.05, 0) is 6.92 Å². The van der Waals surface area contributed by atoms with Crippen LogP contribution in [0.2, 0.25) is 0 Å². The predicted octanol–water partition coefficient (Wildman–Crippen LogP) is 1.32. The molecule has 0 aliphatic heterocycles. The molecule has 6 nitrogen and oxygen atoms in total. The van der Waals surface area contributed by atoms with E-state index in [1.807, 2.05) is 13.0 Å². The largest absolute Gasteiger partial charge is 0.292 e. The third-order valence-corrected chi connectivity index (χ3v) is 3.50. The fraction of sp³-hybridized carbons (Fsp3) is 0.200. The lowest BCUT2D eigenvalue weighted by atomic mass is 10.1. The van der Waals surface area contributed by atoms with Crippen molar-refractivity contribution in [2.45, 2.75) is 13.5 Å². The molecule has 0 unspecified atom stereocenters. The van der Waals surface area contributed by atoms with E-state index in [4.69, 9.17) is 0 Å². The van der Waals surface area contributed by atoms with Gasteiger partial charge < -0.3 is 0 Å². The molecule has 0 N–H and O–H groups in total. The van der Waals surface area contributed by atoms with Crippen LogP contribution in [0.25, 0.3) is 11.0 Å². The average Bonchev–Trinajstić information content (AvgIpc) is 2.79. The fourth-order valence-electron chi connectivity index (χ4n) is 2.19. The fourth-order valence-corrected chi connectivity index (χ4v) is 2.19. The zero-order valence-electron chi connectivity index (χ0n) is 11.8. The maximum Gasteiger partial charge on any atom is 0.282 e. The molecule has 0 spiro atoms. The first-order valence-electron chi connectivity index (χ1n) is 6.55. The van der Waals surface area contributed by atoms with E-state index < -0.39 is 0 Å². The van der Waals surface area contributed by atoms with Crippen LogP contribution in [0.1, 0.15) is 16.1 Å². The van der Waals surface area contributed by atoms with Crippen LogP contribution in [0.3, 0.4) is 0 Å². The first kappa shape index (κ1) is 13.2. The Kier molecular flexibility index (Phi) is 3.13. The molecule has 0 saturated carbocycles. The highest BCUT2D eigenvalue weighted by atomic mass is 16.1. The second kappa shape index (κ2) is 4.97. The molecule has 2 heterocycles. The summed E-state index contributed by atoms with van der Waals surface area (Å²) < 4.78 is 2.91. The van der Waals surface area contributed by atoms with Crippen LogP contribution in [-0.2, 0) is 13.6 Å². The molecule has 0 bridgehead atoms. The van der Waals surface area contributed by atoms with Gasteiger partial charge in [-0.3, -0.25) is 18.8 Å². The monoisotopic (exact) mass is 282 g/mol. The SMILES string of the molecule is Cc1c2ncn(CC(=O)c3ccccc3)c(=O)c2nn1C. The zero-order chi connectivity index (χ0) is 15.0. The third kappa shape index (κ3) is 2.24. The van der Waals surface area contributed by atoms with Gasteiger partial charge >= 0.3 is 0 Å². The van der Waals surface area contributed by atoms with Crippen LogP contribution < -0.4 is 5.56 Å².